The third-order valence-electron chi connectivity index (χ3n) is 4.76. The lowest BCUT2D eigenvalue weighted by Gasteiger charge is -2.15. The highest BCUT2D eigenvalue weighted by Crippen LogP contribution is 2.20. The number of hydrogen-bond acceptors (Lipinski definition) is 5. The lowest BCUT2D eigenvalue weighted by molar-refractivity contribution is 0.171. The number of pyridine rings is 1. The molecule has 3 rings (SSSR count). The van der Waals surface area contributed by atoms with Gasteiger partial charge in [0.05, 0.1) is 13.2 Å². The van der Waals surface area contributed by atoms with E-state index in [-0.39, 0.29) is 0 Å². The number of aryl methyl sites for hydroxylation is 1. The van der Waals surface area contributed by atoms with Gasteiger partial charge in [0.15, 0.2) is 5.96 Å². The number of methoxy groups -OCH3 is 1. The van der Waals surface area contributed by atoms with Crippen LogP contribution in [0.5, 0.6) is 5.75 Å². The van der Waals surface area contributed by atoms with E-state index in [4.69, 9.17) is 14.5 Å². The van der Waals surface area contributed by atoms with Crippen LogP contribution in [-0.2, 0) is 17.8 Å². The molecule has 0 aliphatic rings. The van der Waals surface area contributed by atoms with Crippen LogP contribution in [-0.4, -0.2) is 47.4 Å². The zero-order valence-corrected chi connectivity index (χ0v) is 19.0. The molecular formula is C24H32N6O2. The van der Waals surface area contributed by atoms with Crippen molar-refractivity contribution >= 4 is 5.96 Å². The monoisotopic (exact) mass is 436 g/mol. The number of guanidine groups is 1. The molecule has 0 fully saturated rings. The van der Waals surface area contributed by atoms with Crippen LogP contribution in [0.15, 0.2) is 60.2 Å². The Morgan fingerprint density at radius 2 is 2.03 bits per heavy atom. The highest BCUT2D eigenvalue weighted by atomic mass is 16.5. The van der Waals surface area contributed by atoms with Gasteiger partial charge in [-0.3, -0.25) is 4.57 Å². The smallest absolute Gasteiger partial charge is 0.191 e. The maximum absolute atomic E-state index is 6.00. The average molecular weight is 437 g/mol. The Labute approximate surface area is 189 Å². The second-order valence-corrected chi connectivity index (χ2v) is 7.35. The van der Waals surface area contributed by atoms with Crippen molar-refractivity contribution < 1.29 is 9.47 Å². The lowest BCUT2D eigenvalue weighted by atomic mass is 10.1. The SMILES string of the molecule is CCNC(=NCc1ccnc(-n2ccnc2)c1)NCc1ccc(C)cc1OCCCOC. The topological polar surface area (TPSA) is 85.6 Å². The van der Waals surface area contributed by atoms with Gasteiger partial charge in [-0.25, -0.2) is 15.0 Å². The second-order valence-electron chi connectivity index (χ2n) is 7.35. The first-order chi connectivity index (χ1) is 15.7. The van der Waals surface area contributed by atoms with Gasteiger partial charge in [-0.1, -0.05) is 12.1 Å². The van der Waals surface area contributed by atoms with Crippen molar-refractivity contribution in [2.45, 2.75) is 33.4 Å². The Balaban J connectivity index is 1.64. The maximum atomic E-state index is 6.00. The van der Waals surface area contributed by atoms with Crippen LogP contribution in [0.1, 0.15) is 30.0 Å². The van der Waals surface area contributed by atoms with E-state index in [9.17, 15) is 0 Å². The van der Waals surface area contributed by atoms with Crippen molar-refractivity contribution in [3.05, 3.63) is 71.9 Å². The van der Waals surface area contributed by atoms with Crippen molar-refractivity contribution in [1.29, 1.82) is 0 Å². The summed E-state index contributed by atoms with van der Waals surface area (Å²) in [4.78, 5) is 13.2. The van der Waals surface area contributed by atoms with Crippen molar-refractivity contribution in [2.24, 2.45) is 4.99 Å². The maximum Gasteiger partial charge on any atom is 0.191 e. The predicted octanol–water partition coefficient (Wildman–Crippen LogP) is 3.25. The zero-order chi connectivity index (χ0) is 22.6. The molecule has 0 bridgehead atoms. The fourth-order valence-electron chi connectivity index (χ4n) is 3.11. The number of imidazole rings is 1. The number of rotatable bonds is 11. The molecule has 0 unspecified atom stereocenters. The van der Waals surface area contributed by atoms with Gasteiger partial charge in [0.25, 0.3) is 0 Å². The van der Waals surface area contributed by atoms with E-state index < -0.39 is 0 Å². The van der Waals surface area contributed by atoms with E-state index in [0.717, 1.165) is 41.6 Å². The molecule has 0 amide bonds. The second kappa shape index (κ2) is 12.5. The van der Waals surface area contributed by atoms with E-state index in [2.05, 4.69) is 52.6 Å². The molecule has 170 valence electrons. The number of aliphatic imine (C=N–C) groups is 1. The number of ether oxygens (including phenoxy) is 2. The summed E-state index contributed by atoms with van der Waals surface area (Å²) in [5, 5.41) is 6.72. The van der Waals surface area contributed by atoms with Crippen LogP contribution in [0.25, 0.3) is 5.82 Å². The van der Waals surface area contributed by atoms with Gasteiger partial charge in [0, 0.05) is 57.4 Å². The van der Waals surface area contributed by atoms with Gasteiger partial charge in [-0.15, -0.1) is 0 Å². The van der Waals surface area contributed by atoms with Crippen molar-refractivity contribution in [3.8, 4) is 11.6 Å². The molecule has 0 saturated heterocycles. The number of nitrogens with one attached hydrogen (secondary N) is 2. The van der Waals surface area contributed by atoms with Crippen LogP contribution in [0, 0.1) is 6.92 Å². The average Bonchev–Trinajstić information content (AvgIpc) is 3.35. The highest BCUT2D eigenvalue weighted by molar-refractivity contribution is 5.79. The van der Waals surface area contributed by atoms with Crippen molar-refractivity contribution in [3.63, 3.8) is 0 Å². The zero-order valence-electron chi connectivity index (χ0n) is 19.0. The molecule has 32 heavy (non-hydrogen) atoms. The molecule has 0 atom stereocenters. The molecule has 0 radical (unpaired) electrons. The first kappa shape index (κ1) is 23.3. The van der Waals surface area contributed by atoms with Crippen molar-refractivity contribution in [1.82, 2.24) is 25.2 Å². The third-order valence-corrected chi connectivity index (χ3v) is 4.76. The molecular weight excluding hydrogens is 404 g/mol. The molecule has 8 nitrogen and oxygen atoms in total. The van der Waals surface area contributed by atoms with Crippen LogP contribution in [0.3, 0.4) is 0 Å². The Morgan fingerprint density at radius 3 is 2.81 bits per heavy atom. The number of aromatic nitrogens is 3. The summed E-state index contributed by atoms with van der Waals surface area (Å²) in [6, 6.07) is 10.2. The van der Waals surface area contributed by atoms with E-state index in [1.54, 1.807) is 25.8 Å². The number of benzene rings is 1. The van der Waals surface area contributed by atoms with Gasteiger partial charge >= 0.3 is 0 Å². The summed E-state index contributed by atoms with van der Waals surface area (Å²) in [5.74, 6) is 2.46. The lowest BCUT2D eigenvalue weighted by Crippen LogP contribution is -2.36. The van der Waals surface area contributed by atoms with E-state index in [0.29, 0.717) is 26.3 Å². The van der Waals surface area contributed by atoms with Gasteiger partial charge in [0.2, 0.25) is 0 Å². The molecule has 0 aliphatic carbocycles. The van der Waals surface area contributed by atoms with Gasteiger partial charge < -0.3 is 20.1 Å². The molecule has 0 aliphatic heterocycles. The van der Waals surface area contributed by atoms with Gasteiger partial charge in [-0.05, 0) is 43.2 Å². The van der Waals surface area contributed by atoms with E-state index in [1.165, 1.54) is 5.56 Å². The summed E-state index contributed by atoms with van der Waals surface area (Å²) in [6.45, 7) is 7.36. The van der Waals surface area contributed by atoms with Crippen LogP contribution >= 0.6 is 0 Å². The minimum atomic E-state index is 0.536. The minimum Gasteiger partial charge on any atom is -0.493 e. The number of hydrogen-bond donors (Lipinski definition) is 2. The standard InChI is InChI=1S/C24H32N6O2/c1-4-26-24(28-16-20-8-9-27-23(15-20)30-11-10-25-18-30)29-17-21-7-6-19(2)14-22(21)32-13-5-12-31-3/h6-11,14-15,18H,4-5,12-13,16-17H2,1-3H3,(H2,26,28,29). The highest BCUT2D eigenvalue weighted by Gasteiger charge is 2.07. The van der Waals surface area contributed by atoms with Crippen LogP contribution in [0.2, 0.25) is 0 Å². The Morgan fingerprint density at radius 1 is 1.12 bits per heavy atom. The van der Waals surface area contributed by atoms with Gasteiger partial charge in [0.1, 0.15) is 17.9 Å². The molecule has 1 aromatic carbocycles. The molecule has 0 spiro atoms. The minimum absolute atomic E-state index is 0.536. The summed E-state index contributed by atoms with van der Waals surface area (Å²) in [5.41, 5.74) is 3.32. The Hall–Kier alpha value is -3.39. The summed E-state index contributed by atoms with van der Waals surface area (Å²) in [7, 11) is 1.70. The first-order valence-corrected chi connectivity index (χ1v) is 10.9. The van der Waals surface area contributed by atoms with E-state index >= 15 is 0 Å². The molecule has 0 saturated carbocycles. The fraction of sp³-hybridized carbons (Fsp3) is 0.375. The third kappa shape index (κ3) is 7.09. The fourth-order valence-corrected chi connectivity index (χ4v) is 3.11. The van der Waals surface area contributed by atoms with E-state index in [1.807, 2.05) is 22.9 Å². The Bertz CT molecular complexity index is 988. The summed E-state index contributed by atoms with van der Waals surface area (Å²) < 4.78 is 13.0. The molecule has 2 heterocycles. The first-order valence-electron chi connectivity index (χ1n) is 10.9. The van der Waals surface area contributed by atoms with Crippen molar-refractivity contribution in [2.75, 3.05) is 26.9 Å². The predicted molar refractivity (Wildman–Crippen MR) is 126 cm³/mol. The van der Waals surface area contributed by atoms with Crippen LogP contribution in [0.4, 0.5) is 0 Å². The Kier molecular flexibility index (Phi) is 9.06. The quantitative estimate of drug-likeness (QED) is 0.273. The molecule has 2 aromatic heterocycles. The molecule has 2 N–H and O–H groups in total. The van der Waals surface area contributed by atoms with Gasteiger partial charge in [-0.2, -0.15) is 0 Å². The molecule has 3 aromatic rings. The molecule has 8 heteroatoms. The van der Waals surface area contributed by atoms with Crippen LogP contribution < -0.4 is 15.4 Å². The summed E-state index contributed by atoms with van der Waals surface area (Å²) in [6.07, 6.45) is 7.99. The largest absolute Gasteiger partial charge is 0.493 e. The number of nitrogens with zero attached hydrogens (tertiary/aromatic N) is 4. The normalized spacial score (nSPS) is 11.4. The summed E-state index contributed by atoms with van der Waals surface area (Å²) >= 11 is 0.